The highest BCUT2D eigenvalue weighted by Crippen LogP contribution is 2.22. The highest BCUT2D eigenvalue weighted by atomic mass is 35.5. The number of hydrogen-bond donors (Lipinski definition) is 2. The molecule has 0 radical (unpaired) electrons. The first-order valence-corrected chi connectivity index (χ1v) is 9.30. The van der Waals surface area contributed by atoms with Crippen LogP contribution in [0.15, 0.2) is 42.6 Å². The first-order chi connectivity index (χ1) is 13.1. The number of para-hydroxylation sites is 1. The number of benzene rings is 1. The van der Waals surface area contributed by atoms with Crippen molar-refractivity contribution in [2.24, 2.45) is 0 Å². The molecule has 1 atom stereocenters. The van der Waals surface area contributed by atoms with Crippen molar-refractivity contribution in [3.05, 3.63) is 59.2 Å². The molecule has 1 fully saturated rings. The van der Waals surface area contributed by atoms with Gasteiger partial charge in [-0.05, 0) is 25.1 Å². The van der Waals surface area contributed by atoms with Crippen LogP contribution in [-0.4, -0.2) is 45.4 Å². The summed E-state index contributed by atoms with van der Waals surface area (Å²) in [4.78, 5) is 31.0. The average Bonchev–Trinajstić information content (AvgIpc) is 3.05. The monoisotopic (exact) mass is 385 g/mol. The lowest BCUT2D eigenvalue weighted by Gasteiger charge is -2.28. The fourth-order valence-electron chi connectivity index (χ4n) is 3.16. The quantitative estimate of drug-likeness (QED) is 0.789. The van der Waals surface area contributed by atoms with Crippen molar-refractivity contribution < 1.29 is 9.59 Å². The molecule has 1 aromatic carbocycles. The number of nitrogens with one attached hydrogen (secondary N) is 2. The summed E-state index contributed by atoms with van der Waals surface area (Å²) >= 11 is 6.10. The van der Waals surface area contributed by atoms with Crippen LogP contribution in [0.5, 0.6) is 0 Å². The lowest BCUT2D eigenvalue weighted by atomic mass is 10.1. The van der Waals surface area contributed by atoms with Gasteiger partial charge in [0, 0.05) is 25.2 Å². The zero-order valence-corrected chi connectivity index (χ0v) is 15.4. The SMILES string of the molecule is O=C(Nc1ccccc1Cl)c1cnc2n1CCN(C(=O)/C=C/C1CCN1)C2. The summed E-state index contributed by atoms with van der Waals surface area (Å²) < 4.78 is 1.85. The van der Waals surface area contributed by atoms with Crippen molar-refractivity contribution in [2.75, 3.05) is 18.4 Å². The smallest absolute Gasteiger partial charge is 0.273 e. The van der Waals surface area contributed by atoms with Gasteiger partial charge >= 0.3 is 0 Å². The summed E-state index contributed by atoms with van der Waals surface area (Å²) in [6, 6.07) is 7.39. The Morgan fingerprint density at radius 3 is 2.85 bits per heavy atom. The second-order valence-electron chi connectivity index (χ2n) is 6.61. The van der Waals surface area contributed by atoms with E-state index >= 15 is 0 Å². The fraction of sp³-hybridized carbons (Fsp3) is 0.316. The van der Waals surface area contributed by atoms with Crippen LogP contribution in [0.25, 0.3) is 0 Å². The van der Waals surface area contributed by atoms with Crippen molar-refractivity contribution >= 4 is 29.1 Å². The van der Waals surface area contributed by atoms with E-state index in [-0.39, 0.29) is 11.8 Å². The topological polar surface area (TPSA) is 79.3 Å². The van der Waals surface area contributed by atoms with Gasteiger partial charge in [-0.2, -0.15) is 0 Å². The summed E-state index contributed by atoms with van der Waals surface area (Å²) in [5.74, 6) is 0.409. The highest BCUT2D eigenvalue weighted by Gasteiger charge is 2.25. The summed E-state index contributed by atoms with van der Waals surface area (Å²) in [7, 11) is 0. The van der Waals surface area contributed by atoms with Gasteiger partial charge in [-0.3, -0.25) is 9.59 Å². The third kappa shape index (κ3) is 3.74. The second-order valence-corrected chi connectivity index (χ2v) is 7.02. The lowest BCUT2D eigenvalue weighted by molar-refractivity contribution is -0.127. The van der Waals surface area contributed by atoms with Gasteiger partial charge in [0.1, 0.15) is 11.5 Å². The number of fused-ring (bicyclic) bond motifs is 1. The van der Waals surface area contributed by atoms with Crippen LogP contribution in [0, 0.1) is 0 Å². The molecule has 0 bridgehead atoms. The Morgan fingerprint density at radius 1 is 1.30 bits per heavy atom. The molecule has 27 heavy (non-hydrogen) atoms. The molecule has 140 valence electrons. The number of halogens is 1. The molecule has 7 nitrogen and oxygen atoms in total. The Bertz CT molecular complexity index is 903. The molecule has 8 heteroatoms. The van der Waals surface area contributed by atoms with Crippen LogP contribution < -0.4 is 10.6 Å². The molecule has 1 aromatic heterocycles. The maximum Gasteiger partial charge on any atom is 0.273 e. The Balaban J connectivity index is 1.43. The normalized spacial score (nSPS) is 18.9. The molecular weight excluding hydrogens is 366 g/mol. The summed E-state index contributed by atoms with van der Waals surface area (Å²) in [5.41, 5.74) is 1.02. The molecule has 2 aromatic rings. The first kappa shape index (κ1) is 17.8. The van der Waals surface area contributed by atoms with Crippen LogP contribution in [-0.2, 0) is 17.9 Å². The fourth-order valence-corrected chi connectivity index (χ4v) is 3.34. The van der Waals surface area contributed by atoms with Crippen molar-refractivity contribution in [1.82, 2.24) is 19.8 Å². The molecule has 2 aliphatic rings. The van der Waals surface area contributed by atoms with Gasteiger partial charge in [-0.25, -0.2) is 4.98 Å². The standard InChI is InChI=1S/C19H20ClN5O2/c20-14-3-1-2-4-15(14)23-19(27)16-11-22-17-12-24(9-10-25(16)17)18(26)6-5-13-7-8-21-13/h1-6,11,13,21H,7-10,12H2,(H,23,27)/b6-5+. The van der Waals surface area contributed by atoms with Crippen LogP contribution in [0.3, 0.4) is 0 Å². The van der Waals surface area contributed by atoms with Crippen LogP contribution >= 0.6 is 11.6 Å². The first-order valence-electron chi connectivity index (χ1n) is 8.92. The lowest BCUT2D eigenvalue weighted by Crippen LogP contribution is -2.42. The number of aromatic nitrogens is 2. The van der Waals surface area contributed by atoms with E-state index in [0.717, 1.165) is 13.0 Å². The third-order valence-corrected chi connectivity index (χ3v) is 5.19. The number of carbonyl (C=O) groups excluding carboxylic acids is 2. The van der Waals surface area contributed by atoms with Crippen molar-refractivity contribution in [3.63, 3.8) is 0 Å². The number of anilines is 1. The minimum Gasteiger partial charge on any atom is -0.330 e. The third-order valence-electron chi connectivity index (χ3n) is 4.86. The van der Waals surface area contributed by atoms with Gasteiger partial charge in [-0.1, -0.05) is 29.8 Å². The Morgan fingerprint density at radius 2 is 2.11 bits per heavy atom. The Labute approximate surface area is 162 Å². The minimum atomic E-state index is -0.266. The molecular formula is C19H20ClN5O2. The number of rotatable bonds is 4. The summed E-state index contributed by atoms with van der Waals surface area (Å²) in [6.45, 7) is 2.46. The maximum absolute atomic E-state index is 12.6. The largest absolute Gasteiger partial charge is 0.330 e. The van der Waals surface area contributed by atoms with Crippen LogP contribution in [0.4, 0.5) is 5.69 Å². The van der Waals surface area contributed by atoms with Gasteiger partial charge < -0.3 is 20.1 Å². The molecule has 2 amide bonds. The van der Waals surface area contributed by atoms with E-state index < -0.39 is 0 Å². The van der Waals surface area contributed by atoms with Crippen molar-refractivity contribution in [3.8, 4) is 0 Å². The van der Waals surface area contributed by atoms with Crippen LogP contribution in [0.2, 0.25) is 5.02 Å². The number of carbonyl (C=O) groups is 2. The Hall–Kier alpha value is -2.64. The minimum absolute atomic E-state index is 0.0278. The molecule has 0 saturated carbocycles. The van der Waals surface area contributed by atoms with Crippen LogP contribution in [0.1, 0.15) is 22.7 Å². The highest BCUT2D eigenvalue weighted by molar-refractivity contribution is 6.33. The van der Waals surface area contributed by atoms with E-state index in [4.69, 9.17) is 11.6 Å². The van der Waals surface area contributed by atoms with Crippen molar-refractivity contribution in [1.29, 1.82) is 0 Å². The number of amides is 2. The predicted octanol–water partition coefficient (Wildman–Crippen LogP) is 2.05. The zero-order chi connectivity index (χ0) is 18.8. The van der Waals surface area contributed by atoms with Crippen molar-refractivity contribution in [2.45, 2.75) is 25.6 Å². The van der Waals surface area contributed by atoms with Gasteiger partial charge in [0.2, 0.25) is 5.91 Å². The van der Waals surface area contributed by atoms with Gasteiger partial charge in [0.05, 0.1) is 23.5 Å². The molecule has 0 aliphatic carbocycles. The molecule has 2 N–H and O–H groups in total. The van der Waals surface area contributed by atoms with Gasteiger partial charge in [-0.15, -0.1) is 0 Å². The van der Waals surface area contributed by atoms with E-state index in [1.807, 2.05) is 16.7 Å². The zero-order valence-electron chi connectivity index (χ0n) is 14.7. The summed E-state index contributed by atoms with van der Waals surface area (Å²) in [5, 5.41) is 6.52. The van der Waals surface area contributed by atoms with Gasteiger partial charge in [0.25, 0.3) is 5.91 Å². The predicted molar refractivity (Wildman–Crippen MR) is 103 cm³/mol. The number of imidazole rings is 1. The Kier molecular flexibility index (Phi) is 4.96. The summed E-state index contributed by atoms with van der Waals surface area (Å²) in [6.07, 6.45) is 6.15. The second kappa shape index (κ2) is 7.54. The molecule has 1 saturated heterocycles. The molecule has 1 unspecified atom stereocenters. The molecule has 3 heterocycles. The van der Waals surface area contributed by atoms with E-state index in [2.05, 4.69) is 15.6 Å². The molecule has 4 rings (SSSR count). The van der Waals surface area contributed by atoms with E-state index in [1.54, 1.807) is 35.4 Å². The number of nitrogens with zero attached hydrogens (tertiary/aromatic N) is 3. The molecule has 0 spiro atoms. The van der Waals surface area contributed by atoms with Gasteiger partial charge in [0.15, 0.2) is 0 Å². The maximum atomic E-state index is 12.6. The van der Waals surface area contributed by atoms with E-state index in [1.165, 1.54) is 0 Å². The average molecular weight is 386 g/mol. The van der Waals surface area contributed by atoms with E-state index in [0.29, 0.717) is 47.9 Å². The molecule has 2 aliphatic heterocycles. The van der Waals surface area contributed by atoms with E-state index in [9.17, 15) is 9.59 Å². The number of hydrogen-bond acceptors (Lipinski definition) is 4.